The number of fused-ring (bicyclic) bond motifs is 9. The highest BCUT2D eigenvalue weighted by Gasteiger charge is 2.20. The monoisotopic (exact) mass is 682 g/mol. The molecular weight excluding hydrogens is 657 g/mol. The minimum Gasteiger partial charge on any atom is -0.456 e. The molecule has 11 rings (SSSR count). The third kappa shape index (κ3) is 4.48. The van der Waals surface area contributed by atoms with Crippen molar-refractivity contribution in [3.63, 3.8) is 0 Å². The van der Waals surface area contributed by atoms with Gasteiger partial charge in [0.1, 0.15) is 11.2 Å². The van der Waals surface area contributed by atoms with Crippen molar-refractivity contribution < 1.29 is 4.42 Å². The topological polar surface area (TPSA) is 64.7 Å². The standard InChI is InChI=1S/C46H26N4OS/c1-2-16-30-27(12-1)13-10-21-33(30)45-48-44(49-46(50-45)36-22-11-24-38-40(36)34-19-5-7-23-37(34)51-38)29-15-9-14-28(26-29)41-31-17-3-4-18-32(31)43-42(47-41)35-20-6-8-25-39(35)52-43/h1-26H. The van der Waals surface area contributed by atoms with Gasteiger partial charge in [-0.3, -0.25) is 0 Å². The van der Waals surface area contributed by atoms with Crippen LogP contribution in [-0.4, -0.2) is 19.9 Å². The summed E-state index contributed by atoms with van der Waals surface area (Å²) in [6.45, 7) is 0. The predicted molar refractivity (Wildman–Crippen MR) is 215 cm³/mol. The highest BCUT2D eigenvalue weighted by atomic mass is 32.1. The summed E-state index contributed by atoms with van der Waals surface area (Å²) in [5.41, 5.74) is 7.32. The molecule has 0 saturated carbocycles. The lowest BCUT2D eigenvalue weighted by molar-refractivity contribution is 0.669. The molecule has 11 aromatic rings. The molecule has 0 N–H and O–H groups in total. The largest absolute Gasteiger partial charge is 0.456 e. The number of nitrogens with zero attached hydrogens (tertiary/aromatic N) is 4. The molecule has 0 saturated heterocycles. The Hall–Kier alpha value is -6.76. The molecular formula is C46H26N4OS. The van der Waals surface area contributed by atoms with E-state index in [2.05, 4.69) is 127 Å². The van der Waals surface area contributed by atoms with Crippen LogP contribution in [0.4, 0.5) is 0 Å². The lowest BCUT2D eigenvalue weighted by atomic mass is 10.0. The zero-order chi connectivity index (χ0) is 34.2. The summed E-state index contributed by atoms with van der Waals surface area (Å²) < 4.78 is 8.72. The van der Waals surface area contributed by atoms with Crippen LogP contribution in [0.15, 0.2) is 162 Å². The van der Waals surface area contributed by atoms with Gasteiger partial charge in [0.25, 0.3) is 0 Å². The van der Waals surface area contributed by atoms with Crippen LogP contribution in [0.1, 0.15) is 0 Å². The van der Waals surface area contributed by atoms with Gasteiger partial charge in [-0.1, -0.05) is 133 Å². The molecule has 5 nitrogen and oxygen atoms in total. The number of thiophene rings is 1. The Morgan fingerprint density at radius 2 is 1.04 bits per heavy atom. The Balaban J connectivity index is 1.16. The van der Waals surface area contributed by atoms with Gasteiger partial charge in [-0.2, -0.15) is 0 Å². The number of rotatable bonds is 4. The minimum absolute atomic E-state index is 0.588. The number of pyridine rings is 1. The van der Waals surface area contributed by atoms with Crippen molar-refractivity contribution in [2.45, 2.75) is 0 Å². The third-order valence-corrected chi connectivity index (χ3v) is 11.1. The van der Waals surface area contributed by atoms with Crippen LogP contribution in [0.25, 0.3) is 109 Å². The predicted octanol–water partition coefficient (Wildman–Crippen LogP) is 12.5. The smallest absolute Gasteiger partial charge is 0.164 e. The van der Waals surface area contributed by atoms with Crippen LogP contribution in [-0.2, 0) is 0 Å². The summed E-state index contributed by atoms with van der Waals surface area (Å²) in [4.78, 5) is 21.0. The fourth-order valence-electron chi connectivity index (χ4n) is 7.54. The normalized spacial score (nSPS) is 11.8. The van der Waals surface area contributed by atoms with E-state index in [1.807, 2.05) is 30.3 Å². The van der Waals surface area contributed by atoms with E-state index in [1.54, 1.807) is 11.3 Å². The Bertz CT molecular complexity index is 3210. The van der Waals surface area contributed by atoms with Crippen molar-refractivity contribution in [3.8, 4) is 45.4 Å². The molecule has 4 heterocycles. The van der Waals surface area contributed by atoms with Gasteiger partial charge in [0.05, 0.1) is 15.9 Å². The molecule has 0 radical (unpaired) electrons. The average Bonchev–Trinajstić information content (AvgIpc) is 3.79. The van der Waals surface area contributed by atoms with Gasteiger partial charge >= 0.3 is 0 Å². The average molecular weight is 683 g/mol. The van der Waals surface area contributed by atoms with Gasteiger partial charge in [0.15, 0.2) is 17.5 Å². The quantitative estimate of drug-likeness (QED) is 0.185. The second-order valence-electron chi connectivity index (χ2n) is 13.0. The zero-order valence-electron chi connectivity index (χ0n) is 27.6. The highest BCUT2D eigenvalue weighted by Crippen LogP contribution is 2.42. The van der Waals surface area contributed by atoms with Crippen molar-refractivity contribution in [3.05, 3.63) is 158 Å². The summed E-state index contributed by atoms with van der Waals surface area (Å²) in [6, 6.07) is 54.4. The van der Waals surface area contributed by atoms with Gasteiger partial charge in [0, 0.05) is 53.9 Å². The summed E-state index contributed by atoms with van der Waals surface area (Å²) in [5, 5.41) is 7.72. The van der Waals surface area contributed by atoms with Crippen molar-refractivity contribution in [2.24, 2.45) is 0 Å². The van der Waals surface area contributed by atoms with E-state index < -0.39 is 0 Å². The maximum absolute atomic E-state index is 6.28. The molecule has 52 heavy (non-hydrogen) atoms. The van der Waals surface area contributed by atoms with Gasteiger partial charge in [0.2, 0.25) is 0 Å². The van der Waals surface area contributed by atoms with E-state index in [4.69, 9.17) is 24.4 Å². The maximum atomic E-state index is 6.28. The number of aromatic nitrogens is 4. The molecule has 4 aromatic heterocycles. The summed E-state index contributed by atoms with van der Waals surface area (Å²) in [5.74, 6) is 1.79. The number of para-hydroxylation sites is 1. The summed E-state index contributed by atoms with van der Waals surface area (Å²) in [7, 11) is 0. The number of hydrogen-bond donors (Lipinski definition) is 0. The van der Waals surface area contributed by atoms with Crippen LogP contribution in [0.2, 0.25) is 0 Å². The Morgan fingerprint density at radius 3 is 1.94 bits per heavy atom. The molecule has 0 bridgehead atoms. The molecule has 0 aliphatic carbocycles. The molecule has 6 heteroatoms. The maximum Gasteiger partial charge on any atom is 0.164 e. The highest BCUT2D eigenvalue weighted by molar-refractivity contribution is 7.26. The first-order valence-corrected chi connectivity index (χ1v) is 18.0. The first kappa shape index (κ1) is 29.0. The van der Waals surface area contributed by atoms with E-state index in [1.165, 1.54) is 20.2 Å². The van der Waals surface area contributed by atoms with Crippen LogP contribution in [0, 0.1) is 0 Å². The second-order valence-corrected chi connectivity index (χ2v) is 14.0. The molecule has 0 aliphatic rings. The molecule has 0 unspecified atom stereocenters. The van der Waals surface area contributed by atoms with Gasteiger partial charge in [-0.25, -0.2) is 19.9 Å². The minimum atomic E-state index is 0.588. The first-order chi connectivity index (χ1) is 25.8. The number of benzene rings is 7. The number of furan rings is 1. The van der Waals surface area contributed by atoms with E-state index in [0.717, 1.165) is 71.6 Å². The van der Waals surface area contributed by atoms with E-state index in [-0.39, 0.29) is 0 Å². The van der Waals surface area contributed by atoms with E-state index in [9.17, 15) is 0 Å². The summed E-state index contributed by atoms with van der Waals surface area (Å²) in [6.07, 6.45) is 0. The van der Waals surface area contributed by atoms with Crippen LogP contribution >= 0.6 is 11.3 Å². The molecule has 0 fully saturated rings. The van der Waals surface area contributed by atoms with E-state index in [0.29, 0.717) is 17.5 Å². The molecule has 0 atom stereocenters. The SMILES string of the molecule is c1cc(-c2nc(-c3cccc4ccccc34)nc(-c3cccc4oc5ccccc5c34)n2)cc(-c2nc3c4ccccc4sc3c3ccccc23)c1. The Labute approximate surface area is 301 Å². The second kappa shape index (κ2) is 11.4. The lowest BCUT2D eigenvalue weighted by Crippen LogP contribution is -2.01. The number of hydrogen-bond acceptors (Lipinski definition) is 6. The first-order valence-electron chi connectivity index (χ1n) is 17.2. The molecule has 0 spiro atoms. The molecule has 0 aliphatic heterocycles. The van der Waals surface area contributed by atoms with Crippen LogP contribution in [0.3, 0.4) is 0 Å². The fraction of sp³-hybridized carbons (Fsp3) is 0. The Kier molecular flexibility index (Phi) is 6.35. The van der Waals surface area contributed by atoms with Gasteiger partial charge < -0.3 is 4.42 Å². The summed E-state index contributed by atoms with van der Waals surface area (Å²) >= 11 is 1.80. The van der Waals surface area contributed by atoms with Crippen molar-refractivity contribution in [1.29, 1.82) is 0 Å². The van der Waals surface area contributed by atoms with E-state index >= 15 is 0 Å². The fourth-order valence-corrected chi connectivity index (χ4v) is 8.72. The van der Waals surface area contributed by atoms with Crippen molar-refractivity contribution >= 4 is 75.1 Å². The van der Waals surface area contributed by atoms with Gasteiger partial charge in [-0.05, 0) is 35.0 Å². The van der Waals surface area contributed by atoms with Crippen molar-refractivity contribution in [2.75, 3.05) is 0 Å². The van der Waals surface area contributed by atoms with Crippen LogP contribution < -0.4 is 0 Å². The molecule has 0 amide bonds. The van der Waals surface area contributed by atoms with Gasteiger partial charge in [-0.15, -0.1) is 11.3 Å². The molecule has 242 valence electrons. The van der Waals surface area contributed by atoms with Crippen molar-refractivity contribution in [1.82, 2.24) is 19.9 Å². The zero-order valence-corrected chi connectivity index (χ0v) is 28.4. The lowest BCUT2D eigenvalue weighted by Gasteiger charge is -2.12. The Morgan fingerprint density at radius 1 is 0.423 bits per heavy atom. The molecule has 7 aromatic carbocycles. The van der Waals surface area contributed by atoms with Crippen LogP contribution in [0.5, 0.6) is 0 Å². The third-order valence-electron chi connectivity index (χ3n) is 9.92.